The third-order valence-electron chi connectivity index (χ3n) is 17.5. The van der Waals surface area contributed by atoms with E-state index in [1.807, 2.05) is 46.2 Å². The summed E-state index contributed by atoms with van der Waals surface area (Å²) in [5.74, 6) is 0. The first-order valence-electron chi connectivity index (χ1n) is 31.3. The number of aryl methyl sites for hydroxylation is 2. The Hall–Kier alpha value is -4.76. The molecule has 8 rings (SSSR count). The Morgan fingerprint density at radius 2 is 0.817 bits per heavy atom. The van der Waals surface area contributed by atoms with Crippen molar-refractivity contribution in [2.24, 2.45) is 0 Å². The topological polar surface area (TPSA) is 20.7 Å². The molecule has 0 amide bonds. The lowest BCUT2D eigenvalue weighted by molar-refractivity contribution is -0.925. The fourth-order valence-electron chi connectivity index (χ4n) is 11.7. The van der Waals surface area contributed by atoms with E-state index in [0.717, 1.165) is 78.3 Å². The van der Waals surface area contributed by atoms with Crippen LogP contribution in [0.5, 0.6) is 0 Å². The van der Waals surface area contributed by atoms with Crippen LogP contribution in [0.2, 0.25) is 0 Å². The Morgan fingerprint density at radius 3 is 1.27 bits per heavy atom. The maximum absolute atomic E-state index is 2.53. The van der Waals surface area contributed by atoms with Crippen LogP contribution in [0.25, 0.3) is 32.6 Å². The Morgan fingerprint density at radius 1 is 0.427 bits per heavy atom. The molecule has 0 aliphatic carbocycles. The van der Waals surface area contributed by atoms with Gasteiger partial charge < -0.3 is 28.6 Å². The number of thiazole rings is 2. The van der Waals surface area contributed by atoms with Crippen molar-refractivity contribution in [2.45, 2.75) is 118 Å². The monoisotopic (exact) mass is 1180 g/mol. The van der Waals surface area contributed by atoms with Crippen LogP contribution < -0.4 is 18.9 Å². The van der Waals surface area contributed by atoms with E-state index in [4.69, 9.17) is 0 Å². The molecule has 8 nitrogen and oxygen atoms in total. The summed E-state index contributed by atoms with van der Waals surface area (Å²) in [7, 11) is 0. The molecule has 12 heteroatoms. The predicted octanol–water partition coefficient (Wildman–Crippen LogP) is 16.4. The summed E-state index contributed by atoms with van der Waals surface area (Å²) >= 11 is 7.56. The smallest absolute Gasteiger partial charge is 0.262 e. The third-order valence-corrected chi connectivity index (χ3v) is 22.0. The molecule has 2 aliphatic heterocycles. The van der Waals surface area contributed by atoms with E-state index in [0.29, 0.717) is 0 Å². The average molecular weight is 1180 g/mol. The molecule has 0 radical (unpaired) electrons. The molecule has 0 spiro atoms. The summed E-state index contributed by atoms with van der Waals surface area (Å²) in [6, 6.07) is 35.3. The predicted molar refractivity (Wildman–Crippen MR) is 363 cm³/mol. The van der Waals surface area contributed by atoms with E-state index in [-0.39, 0.29) is 0 Å². The van der Waals surface area contributed by atoms with Gasteiger partial charge in [0.25, 0.3) is 10.0 Å². The van der Waals surface area contributed by atoms with Gasteiger partial charge in [0.2, 0.25) is 11.0 Å². The van der Waals surface area contributed by atoms with Crippen molar-refractivity contribution in [3.63, 3.8) is 0 Å². The van der Waals surface area contributed by atoms with Crippen molar-refractivity contribution in [3.8, 4) is 0 Å². The highest BCUT2D eigenvalue weighted by atomic mass is 32.2. The summed E-state index contributed by atoms with van der Waals surface area (Å²) in [4.78, 5) is 12.8. The Bertz CT molecular complexity index is 3060. The maximum atomic E-state index is 2.53. The molecular weight excluding hydrogens is 1080 g/mol. The Labute approximate surface area is 512 Å². The molecule has 0 atom stereocenters. The second kappa shape index (κ2) is 33.7. The summed E-state index contributed by atoms with van der Waals surface area (Å²) in [6.45, 7) is 43.8. The largest absolute Gasteiger partial charge is 0.335 e. The molecule has 0 unspecified atom stereocenters. The minimum Gasteiger partial charge on any atom is -0.335 e. The molecule has 440 valence electrons. The van der Waals surface area contributed by atoms with Gasteiger partial charge in [0.05, 0.1) is 80.2 Å². The molecule has 0 fully saturated rings. The van der Waals surface area contributed by atoms with Gasteiger partial charge in [0.15, 0.2) is 13.1 Å². The van der Waals surface area contributed by atoms with Crippen LogP contribution in [0.4, 0.5) is 11.4 Å². The van der Waals surface area contributed by atoms with Crippen molar-refractivity contribution in [1.82, 2.24) is 9.80 Å². The van der Waals surface area contributed by atoms with Crippen molar-refractivity contribution < 1.29 is 18.1 Å². The maximum Gasteiger partial charge on any atom is 0.262 e. The minimum absolute atomic E-state index is 1.05. The second-order valence-corrected chi connectivity index (χ2v) is 25.8. The number of para-hydroxylation sites is 4. The van der Waals surface area contributed by atoms with Crippen LogP contribution in [0.3, 0.4) is 0 Å². The first kappa shape index (κ1) is 64.8. The van der Waals surface area contributed by atoms with Gasteiger partial charge in [-0.15, -0.1) is 0 Å². The van der Waals surface area contributed by atoms with Gasteiger partial charge in [-0.2, -0.15) is 9.13 Å². The number of anilines is 2. The first-order valence-corrected chi connectivity index (χ1v) is 34.6. The number of aromatic nitrogens is 2. The molecule has 2 aromatic heterocycles. The quantitative estimate of drug-likeness (QED) is 0.0237. The zero-order chi connectivity index (χ0) is 58.2. The van der Waals surface area contributed by atoms with Crippen LogP contribution in [0.1, 0.15) is 105 Å². The minimum atomic E-state index is 1.05. The Balaban J connectivity index is 0.000000237. The van der Waals surface area contributed by atoms with Gasteiger partial charge in [-0.3, -0.25) is 0 Å². The molecule has 0 N–H and O–H groups in total. The molecular formula is C70H100N8S4+4. The summed E-state index contributed by atoms with van der Waals surface area (Å²) < 4.78 is 10.2. The number of rotatable bonds is 32. The average Bonchev–Trinajstić information content (AvgIpc) is 4.49. The zero-order valence-electron chi connectivity index (χ0n) is 51.8. The highest BCUT2D eigenvalue weighted by molar-refractivity contribution is 8.04. The Kier molecular flexibility index (Phi) is 26.6. The van der Waals surface area contributed by atoms with E-state index in [1.54, 1.807) is 0 Å². The van der Waals surface area contributed by atoms with Crippen LogP contribution in [0, 0.1) is 0 Å². The standard InChI is InChI=1S/C37H55N4S2.C33H45N4S2/c1-7-40(8-2,9-3)30-20-28-38-32-22-16-18-24-34(32)42-36(38)26-14-13-15-27-37-39(33-23-17-19-25-35(33)43-37)29-21-31-41(10-4,11-5)12-6;1-5-34(6-2)24-16-26-36-28-18-12-14-20-30(28)38-32(36)22-10-9-11-23-33-37(27-17-25-35(7-3)8-4)29-19-13-15-21-31(29)39-33/h13-19,22-27H,7-12,20-21,28-31H2,1-6H3;9-15,18-23H,5-8,16-17,24-27H2,1-4H3/q+3;+1. The van der Waals surface area contributed by atoms with Crippen LogP contribution in [-0.2, 0) is 13.1 Å². The number of fused-ring (bicyclic) bond motifs is 4. The van der Waals surface area contributed by atoms with Crippen molar-refractivity contribution >= 4 is 90.2 Å². The molecule has 0 saturated carbocycles. The molecule has 2 aliphatic rings. The molecule has 82 heavy (non-hydrogen) atoms. The molecule has 4 heterocycles. The van der Waals surface area contributed by atoms with Crippen LogP contribution >= 0.6 is 46.2 Å². The van der Waals surface area contributed by atoms with Gasteiger partial charge in [-0.1, -0.05) is 159 Å². The fraction of sp³-hybridized carbons (Fsp3) is 0.457. The van der Waals surface area contributed by atoms with E-state index in [1.165, 1.54) is 136 Å². The van der Waals surface area contributed by atoms with Crippen molar-refractivity contribution in [3.05, 3.63) is 166 Å². The zero-order valence-corrected chi connectivity index (χ0v) is 55.0. The van der Waals surface area contributed by atoms with Gasteiger partial charge >= 0.3 is 0 Å². The lowest BCUT2D eigenvalue weighted by Gasteiger charge is -2.36. The summed E-state index contributed by atoms with van der Waals surface area (Å²) in [5.41, 5.74) is 5.39. The van der Waals surface area contributed by atoms with Gasteiger partial charge in [0.1, 0.15) is 9.40 Å². The molecule has 0 saturated heterocycles. The number of allylic oxidation sites excluding steroid dienone is 8. The molecule has 6 aromatic rings. The normalized spacial score (nSPS) is 15.0. The van der Waals surface area contributed by atoms with Crippen molar-refractivity contribution in [2.75, 3.05) is 115 Å². The SMILES string of the molecule is CCN(CC)CCCN1/C(=C/C=C/C=C/c2sc3ccccc3[n+]2CCCN(CC)CC)Sc2ccccc21.CC[N+](CC)(CC)CCCN1/C(=C/C=C/C=C/c2sc3ccccc3[n+]2CCC[N+](CC)(CC)CC)Sc2ccccc21. The van der Waals surface area contributed by atoms with E-state index < -0.39 is 0 Å². The van der Waals surface area contributed by atoms with E-state index >= 15 is 0 Å². The fourth-order valence-corrected chi connectivity index (χ4v) is 16.1. The highest BCUT2D eigenvalue weighted by Gasteiger charge is 2.28. The highest BCUT2D eigenvalue weighted by Crippen LogP contribution is 2.47. The lowest BCUT2D eigenvalue weighted by Crippen LogP contribution is -2.49. The number of thioether (sulfide) groups is 2. The summed E-state index contributed by atoms with van der Waals surface area (Å²) in [5, 5.41) is 5.28. The van der Waals surface area contributed by atoms with Gasteiger partial charge in [-0.05, 0) is 129 Å². The van der Waals surface area contributed by atoms with Crippen LogP contribution in [0.15, 0.2) is 166 Å². The van der Waals surface area contributed by atoms with Crippen molar-refractivity contribution in [1.29, 1.82) is 0 Å². The number of benzene rings is 4. The van der Waals surface area contributed by atoms with Crippen LogP contribution in [-0.4, -0.2) is 123 Å². The van der Waals surface area contributed by atoms with Gasteiger partial charge in [-0.25, -0.2) is 0 Å². The van der Waals surface area contributed by atoms with Gasteiger partial charge in [0, 0.05) is 66.6 Å². The number of hydrogen-bond acceptors (Lipinski definition) is 8. The molecule has 4 aromatic carbocycles. The van der Waals surface area contributed by atoms with E-state index in [9.17, 15) is 0 Å². The first-order chi connectivity index (χ1) is 40.1. The van der Waals surface area contributed by atoms with E-state index in [2.05, 4.69) is 256 Å². The third kappa shape index (κ3) is 17.2. The summed E-state index contributed by atoms with van der Waals surface area (Å²) in [6.07, 6.45) is 27.1. The number of nitrogens with zero attached hydrogens (tertiary/aromatic N) is 8. The number of hydrogen-bond donors (Lipinski definition) is 0. The lowest BCUT2D eigenvalue weighted by atomic mass is 10.2. The number of quaternary nitrogens is 2. The second-order valence-electron chi connectivity index (χ2n) is 21.6. The molecule has 0 bridgehead atoms.